The zero-order valence-corrected chi connectivity index (χ0v) is 21.5. The first kappa shape index (κ1) is 24.3. The topological polar surface area (TPSA) is 116 Å². The number of anilines is 1. The number of carbonyl (C=O) groups is 1. The lowest BCUT2D eigenvalue weighted by Crippen LogP contribution is -2.54. The molecule has 1 fully saturated rings. The van der Waals surface area contributed by atoms with Crippen molar-refractivity contribution in [2.24, 2.45) is 7.05 Å². The summed E-state index contributed by atoms with van der Waals surface area (Å²) in [6, 6.07) is 8.29. The molecule has 4 aromatic heterocycles. The maximum Gasteiger partial charge on any atom is 0.407 e. The Balaban J connectivity index is 1.42. The van der Waals surface area contributed by atoms with Crippen molar-refractivity contribution in [2.75, 3.05) is 18.0 Å². The molecule has 4 aromatic rings. The van der Waals surface area contributed by atoms with Crippen LogP contribution in [0.1, 0.15) is 39.2 Å². The first-order valence-electron chi connectivity index (χ1n) is 12.3. The molecule has 1 aliphatic rings. The van der Waals surface area contributed by atoms with Crippen LogP contribution in [0.2, 0.25) is 0 Å². The third-order valence-corrected chi connectivity index (χ3v) is 6.91. The lowest BCUT2D eigenvalue weighted by atomic mass is 9.97. The molecule has 5 heterocycles. The number of piperidine rings is 1. The second kappa shape index (κ2) is 9.24. The van der Waals surface area contributed by atoms with Gasteiger partial charge < -0.3 is 14.9 Å². The second-order valence-electron chi connectivity index (χ2n) is 10.5. The highest BCUT2D eigenvalue weighted by Crippen LogP contribution is 2.33. The molecule has 0 saturated carbocycles. The largest absolute Gasteiger partial charge is 0.465 e. The van der Waals surface area contributed by atoms with Crippen LogP contribution in [0, 0.1) is 11.3 Å². The molecule has 0 unspecified atom stereocenters. The average molecular weight is 499 g/mol. The van der Waals surface area contributed by atoms with Crippen molar-refractivity contribution in [3.8, 4) is 28.3 Å². The van der Waals surface area contributed by atoms with Gasteiger partial charge in [0, 0.05) is 72.6 Å². The summed E-state index contributed by atoms with van der Waals surface area (Å²) in [5.41, 5.74) is 4.45. The third kappa shape index (κ3) is 4.60. The lowest BCUT2D eigenvalue weighted by Gasteiger charge is -2.43. The zero-order valence-electron chi connectivity index (χ0n) is 21.5. The summed E-state index contributed by atoms with van der Waals surface area (Å²) in [4.78, 5) is 20.4. The molecular weight excluding hydrogens is 468 g/mol. The normalized spacial score (nSPS) is 14.6. The highest BCUT2D eigenvalue weighted by atomic mass is 16.4. The van der Waals surface area contributed by atoms with E-state index in [1.54, 1.807) is 26.5 Å². The van der Waals surface area contributed by atoms with Crippen molar-refractivity contribution in [2.45, 2.75) is 45.2 Å². The van der Waals surface area contributed by atoms with Crippen molar-refractivity contribution in [3.05, 3.63) is 54.7 Å². The van der Waals surface area contributed by atoms with Crippen molar-refractivity contribution in [3.63, 3.8) is 0 Å². The predicted molar refractivity (Wildman–Crippen MR) is 140 cm³/mol. The molecule has 10 heteroatoms. The molecule has 0 aliphatic carbocycles. The van der Waals surface area contributed by atoms with Crippen LogP contribution >= 0.6 is 0 Å². The molecule has 5 rings (SSSR count). The predicted octanol–water partition coefficient (Wildman–Crippen LogP) is 4.42. The van der Waals surface area contributed by atoms with Gasteiger partial charge in [-0.2, -0.15) is 15.5 Å². The summed E-state index contributed by atoms with van der Waals surface area (Å²) in [6.07, 6.45) is 9.69. The van der Waals surface area contributed by atoms with E-state index in [0.717, 1.165) is 59.5 Å². The van der Waals surface area contributed by atoms with Crippen LogP contribution in [0.25, 0.3) is 27.8 Å². The fraction of sp³-hybridized carbons (Fsp3) is 0.370. The van der Waals surface area contributed by atoms with Crippen LogP contribution in [0.5, 0.6) is 0 Å². The van der Waals surface area contributed by atoms with Gasteiger partial charge in [0.2, 0.25) is 0 Å². The molecule has 0 radical (unpaired) electrons. The van der Waals surface area contributed by atoms with Gasteiger partial charge in [-0.15, -0.1) is 0 Å². The first-order valence-corrected chi connectivity index (χ1v) is 12.3. The Hall–Kier alpha value is -4.39. The van der Waals surface area contributed by atoms with E-state index in [1.807, 2.05) is 64.6 Å². The van der Waals surface area contributed by atoms with Crippen LogP contribution in [-0.2, 0) is 7.05 Å². The summed E-state index contributed by atoms with van der Waals surface area (Å²) in [7, 11) is 1.87. The SMILES string of the molecule is Cn1cc(-c2cc(-c3ccc(N4CCC(N(C(=O)O)C(C)(C)C)CC4)nc3)c3c(C#N)cnn3c2)cn1. The number of aromatic nitrogens is 5. The molecular formula is C27H30N8O2. The number of amides is 1. The maximum atomic E-state index is 11.9. The van der Waals surface area contributed by atoms with E-state index in [4.69, 9.17) is 4.98 Å². The van der Waals surface area contributed by atoms with Crippen LogP contribution in [0.3, 0.4) is 0 Å². The van der Waals surface area contributed by atoms with Gasteiger partial charge in [0.15, 0.2) is 0 Å². The quantitative estimate of drug-likeness (QED) is 0.443. The van der Waals surface area contributed by atoms with Gasteiger partial charge >= 0.3 is 6.09 Å². The fourth-order valence-electron chi connectivity index (χ4n) is 5.23. The molecule has 1 saturated heterocycles. The van der Waals surface area contributed by atoms with Crippen LogP contribution in [0.15, 0.2) is 49.2 Å². The van der Waals surface area contributed by atoms with E-state index < -0.39 is 11.6 Å². The van der Waals surface area contributed by atoms with Crippen LogP contribution in [0.4, 0.5) is 10.6 Å². The number of nitriles is 1. The molecule has 0 spiro atoms. The molecule has 1 aliphatic heterocycles. The highest BCUT2D eigenvalue weighted by Gasteiger charge is 2.35. The monoisotopic (exact) mass is 498 g/mol. The van der Waals surface area contributed by atoms with Crippen molar-refractivity contribution < 1.29 is 9.90 Å². The Bertz CT molecular complexity index is 1480. The van der Waals surface area contributed by atoms with Gasteiger partial charge in [-0.05, 0) is 51.8 Å². The van der Waals surface area contributed by atoms with E-state index in [0.29, 0.717) is 5.56 Å². The van der Waals surface area contributed by atoms with E-state index in [9.17, 15) is 15.2 Å². The molecule has 37 heavy (non-hydrogen) atoms. The van der Waals surface area contributed by atoms with E-state index in [2.05, 4.69) is 21.2 Å². The third-order valence-electron chi connectivity index (χ3n) is 6.91. The minimum Gasteiger partial charge on any atom is -0.465 e. The Morgan fingerprint density at radius 1 is 1.08 bits per heavy atom. The minimum atomic E-state index is -0.870. The van der Waals surface area contributed by atoms with Gasteiger partial charge in [0.05, 0.1) is 23.5 Å². The van der Waals surface area contributed by atoms with Crippen LogP contribution in [-0.4, -0.2) is 65.1 Å². The number of hydrogen-bond donors (Lipinski definition) is 1. The van der Waals surface area contributed by atoms with Crippen molar-refractivity contribution in [1.29, 1.82) is 5.26 Å². The first-order chi connectivity index (χ1) is 17.7. The summed E-state index contributed by atoms with van der Waals surface area (Å²) >= 11 is 0. The Labute approximate surface area is 215 Å². The second-order valence-corrected chi connectivity index (χ2v) is 10.5. The minimum absolute atomic E-state index is 0.0113. The number of rotatable bonds is 4. The number of nitrogens with zero attached hydrogens (tertiary/aromatic N) is 8. The molecule has 0 atom stereocenters. The Morgan fingerprint density at radius 2 is 1.84 bits per heavy atom. The van der Waals surface area contributed by atoms with Gasteiger partial charge in [-0.1, -0.05) is 0 Å². The zero-order chi connectivity index (χ0) is 26.3. The Kier molecular flexibility index (Phi) is 6.07. The average Bonchev–Trinajstić information content (AvgIpc) is 3.49. The molecule has 0 bridgehead atoms. The van der Waals surface area contributed by atoms with E-state index in [-0.39, 0.29) is 6.04 Å². The number of fused-ring (bicyclic) bond motifs is 1. The number of hydrogen-bond acceptors (Lipinski definition) is 6. The van der Waals surface area contributed by atoms with E-state index in [1.165, 1.54) is 0 Å². The molecule has 190 valence electrons. The van der Waals surface area contributed by atoms with Crippen molar-refractivity contribution in [1.82, 2.24) is 29.3 Å². The molecule has 10 nitrogen and oxygen atoms in total. The van der Waals surface area contributed by atoms with Gasteiger partial charge in [-0.25, -0.2) is 14.3 Å². The van der Waals surface area contributed by atoms with E-state index >= 15 is 0 Å². The lowest BCUT2D eigenvalue weighted by molar-refractivity contribution is 0.0616. The maximum absolute atomic E-state index is 11.9. The smallest absolute Gasteiger partial charge is 0.407 e. The molecule has 1 amide bonds. The number of pyridine rings is 2. The number of carboxylic acid groups (broad SMARTS) is 1. The summed E-state index contributed by atoms with van der Waals surface area (Å²) in [5, 5.41) is 28.1. The molecule has 0 aromatic carbocycles. The van der Waals surface area contributed by atoms with Crippen molar-refractivity contribution >= 4 is 17.4 Å². The van der Waals surface area contributed by atoms with Gasteiger partial charge in [0.25, 0.3) is 0 Å². The Morgan fingerprint density at radius 3 is 2.41 bits per heavy atom. The fourth-order valence-corrected chi connectivity index (χ4v) is 5.23. The van der Waals surface area contributed by atoms with Gasteiger partial charge in [-0.3, -0.25) is 4.68 Å². The standard InChI is InChI=1S/C27H30N8O2/c1-27(2,3)35(26(36)37)22-7-9-33(10-8-22)24-6-5-18(13-29-24)23-11-19(21-15-30-32(4)16-21)17-34-25(23)20(12-28)14-31-34/h5-6,11,13-17,22H,7-10H2,1-4H3,(H,36,37). The highest BCUT2D eigenvalue weighted by molar-refractivity contribution is 5.87. The summed E-state index contributed by atoms with van der Waals surface area (Å²) in [6.45, 7) is 7.28. The van der Waals surface area contributed by atoms with Gasteiger partial charge in [0.1, 0.15) is 11.9 Å². The molecule has 1 N–H and O–H groups in total. The summed E-state index contributed by atoms with van der Waals surface area (Å²) in [5.74, 6) is 0.855. The number of aryl methyl sites for hydroxylation is 1. The summed E-state index contributed by atoms with van der Waals surface area (Å²) < 4.78 is 3.48. The van der Waals surface area contributed by atoms with Crippen LogP contribution < -0.4 is 4.90 Å².